The number of aliphatic hydroxyl groups is 1. The van der Waals surface area contributed by atoms with Crippen LogP contribution in [-0.2, 0) is 16.0 Å². The molecule has 0 spiro atoms. The zero-order chi connectivity index (χ0) is 23.3. The van der Waals surface area contributed by atoms with Crippen molar-refractivity contribution in [3.8, 4) is 0 Å². The molecule has 0 bridgehead atoms. The molecule has 170 valence electrons. The molecule has 32 heavy (non-hydrogen) atoms. The first-order chi connectivity index (χ1) is 15.2. The van der Waals surface area contributed by atoms with Gasteiger partial charge >= 0.3 is 0 Å². The second-order valence-electron chi connectivity index (χ2n) is 8.27. The maximum absolute atomic E-state index is 12.8. The highest BCUT2D eigenvalue weighted by molar-refractivity contribution is 6.43. The number of carbonyl (C=O) groups is 2. The highest BCUT2D eigenvalue weighted by Crippen LogP contribution is 2.21. The van der Waals surface area contributed by atoms with Crippen LogP contribution in [0.3, 0.4) is 0 Å². The molecule has 2 aromatic rings. The fourth-order valence-electron chi connectivity index (χ4n) is 3.58. The highest BCUT2D eigenvalue weighted by atomic mass is 16.3. The summed E-state index contributed by atoms with van der Waals surface area (Å²) < 4.78 is 0. The first-order valence-corrected chi connectivity index (χ1v) is 10.6. The van der Waals surface area contributed by atoms with Crippen molar-refractivity contribution in [1.82, 2.24) is 10.3 Å². The first-order valence-electron chi connectivity index (χ1n) is 10.6. The van der Waals surface area contributed by atoms with E-state index in [-0.39, 0.29) is 18.0 Å². The number of amides is 2. The zero-order valence-corrected chi connectivity index (χ0v) is 19.0. The molecule has 2 amide bonds. The van der Waals surface area contributed by atoms with E-state index in [1.165, 1.54) is 12.1 Å². The number of hydrogen-bond acceptors (Lipinski definition) is 6. The van der Waals surface area contributed by atoms with Gasteiger partial charge in [0.2, 0.25) is 5.91 Å². The Labute approximate surface area is 189 Å². The van der Waals surface area contributed by atoms with Crippen LogP contribution in [0.1, 0.15) is 12.0 Å². The van der Waals surface area contributed by atoms with Gasteiger partial charge in [0.1, 0.15) is 5.71 Å². The number of aliphatic hydroxyl groups excluding tert-OH is 1. The van der Waals surface area contributed by atoms with Crippen LogP contribution in [0.5, 0.6) is 0 Å². The van der Waals surface area contributed by atoms with E-state index < -0.39 is 18.1 Å². The maximum Gasteiger partial charge on any atom is 0.268 e. The Morgan fingerprint density at radius 3 is 2.44 bits per heavy atom. The molecule has 2 atom stereocenters. The van der Waals surface area contributed by atoms with Gasteiger partial charge in [0.15, 0.2) is 0 Å². The van der Waals surface area contributed by atoms with Crippen molar-refractivity contribution in [2.24, 2.45) is 5.10 Å². The molecule has 0 radical (unpaired) electrons. The summed E-state index contributed by atoms with van der Waals surface area (Å²) in [7, 11) is 7.39. The molecule has 0 saturated carbocycles. The lowest BCUT2D eigenvalue weighted by atomic mass is 10.00. The van der Waals surface area contributed by atoms with Crippen molar-refractivity contribution in [3.63, 3.8) is 0 Å². The monoisotopic (exact) mass is 437 g/mol. The third kappa shape index (κ3) is 5.85. The molecule has 0 saturated heterocycles. The van der Waals surface area contributed by atoms with Gasteiger partial charge in [-0.2, -0.15) is 5.10 Å². The molecular formula is C24H31N5O3. The Hall–Kier alpha value is -3.39. The standard InChI is InChI=1S/C24H31N5O3/c1-27(2)18-11-8-12-19(14-18)28(3)16-22(30)20(13-17-9-6-5-7-10-17)25-24(32)21-15-23(31)29(4)26-21/h5-12,14,20,22,30H,13,15-16H2,1-4H3,(H,25,32)/t20-,22+/m0/s1. The molecule has 0 aliphatic carbocycles. The predicted octanol–water partition coefficient (Wildman–Crippen LogP) is 1.50. The minimum absolute atomic E-state index is 0.0340. The van der Waals surface area contributed by atoms with Crippen molar-refractivity contribution in [2.45, 2.75) is 25.0 Å². The summed E-state index contributed by atoms with van der Waals surface area (Å²) >= 11 is 0. The van der Waals surface area contributed by atoms with Crippen LogP contribution in [0.4, 0.5) is 11.4 Å². The molecule has 1 aliphatic heterocycles. The van der Waals surface area contributed by atoms with Gasteiger partial charge in [0.05, 0.1) is 18.6 Å². The van der Waals surface area contributed by atoms with Gasteiger partial charge in [-0.25, -0.2) is 5.01 Å². The van der Waals surface area contributed by atoms with Gasteiger partial charge in [0, 0.05) is 46.1 Å². The second-order valence-corrected chi connectivity index (χ2v) is 8.27. The molecule has 0 aromatic heterocycles. The van der Waals surface area contributed by atoms with Crippen LogP contribution < -0.4 is 15.1 Å². The van der Waals surface area contributed by atoms with Crippen LogP contribution in [0.25, 0.3) is 0 Å². The second kappa shape index (κ2) is 10.3. The number of benzene rings is 2. The lowest BCUT2D eigenvalue weighted by molar-refractivity contribution is -0.127. The molecule has 8 nitrogen and oxygen atoms in total. The average Bonchev–Trinajstić information content (AvgIpc) is 3.12. The topological polar surface area (TPSA) is 88.5 Å². The van der Waals surface area contributed by atoms with Crippen molar-refractivity contribution >= 4 is 28.9 Å². The highest BCUT2D eigenvalue weighted by Gasteiger charge is 2.30. The number of rotatable bonds is 9. The van der Waals surface area contributed by atoms with E-state index in [9.17, 15) is 14.7 Å². The normalized spacial score (nSPS) is 15.2. The van der Waals surface area contributed by atoms with E-state index in [0.717, 1.165) is 16.9 Å². The molecule has 1 heterocycles. The Morgan fingerprint density at radius 2 is 1.81 bits per heavy atom. The first kappa shape index (κ1) is 23.3. The summed E-state index contributed by atoms with van der Waals surface area (Å²) in [6.07, 6.45) is -0.424. The summed E-state index contributed by atoms with van der Waals surface area (Å²) in [5, 5.41) is 19.2. The molecule has 3 rings (SSSR count). The summed E-state index contributed by atoms with van der Waals surface area (Å²) in [5.41, 5.74) is 3.18. The molecule has 2 aromatic carbocycles. The Morgan fingerprint density at radius 1 is 1.12 bits per heavy atom. The van der Waals surface area contributed by atoms with Crippen LogP contribution in [0.15, 0.2) is 59.7 Å². The largest absolute Gasteiger partial charge is 0.389 e. The molecule has 1 aliphatic rings. The number of likely N-dealkylation sites (N-methyl/N-ethyl adjacent to an activating group) is 1. The Kier molecular flexibility index (Phi) is 7.48. The fraction of sp³-hybridized carbons (Fsp3) is 0.375. The molecule has 0 fully saturated rings. The minimum atomic E-state index is -0.845. The van der Waals surface area contributed by atoms with Crippen LogP contribution in [0.2, 0.25) is 0 Å². The summed E-state index contributed by atoms with van der Waals surface area (Å²) in [5.74, 6) is -0.657. The predicted molar refractivity (Wildman–Crippen MR) is 127 cm³/mol. The molecular weight excluding hydrogens is 406 g/mol. The molecule has 8 heteroatoms. The summed E-state index contributed by atoms with van der Waals surface area (Å²) in [6.45, 7) is 0.319. The third-order valence-electron chi connectivity index (χ3n) is 5.54. The zero-order valence-electron chi connectivity index (χ0n) is 19.0. The Bertz CT molecular complexity index is 977. The van der Waals surface area contributed by atoms with Gasteiger partial charge < -0.3 is 20.2 Å². The smallest absolute Gasteiger partial charge is 0.268 e. The van der Waals surface area contributed by atoms with E-state index in [1.807, 2.05) is 85.5 Å². The van der Waals surface area contributed by atoms with E-state index in [0.29, 0.717) is 13.0 Å². The quantitative estimate of drug-likeness (QED) is 0.621. The fourth-order valence-corrected chi connectivity index (χ4v) is 3.58. The summed E-state index contributed by atoms with van der Waals surface area (Å²) in [4.78, 5) is 28.5. The van der Waals surface area contributed by atoms with Crippen molar-refractivity contribution in [1.29, 1.82) is 0 Å². The van der Waals surface area contributed by atoms with Crippen molar-refractivity contribution in [2.75, 3.05) is 44.5 Å². The lowest BCUT2D eigenvalue weighted by Gasteiger charge is -2.29. The van der Waals surface area contributed by atoms with Crippen molar-refractivity contribution in [3.05, 3.63) is 60.2 Å². The number of hydrazone groups is 1. The third-order valence-corrected chi connectivity index (χ3v) is 5.54. The average molecular weight is 438 g/mol. The van der Waals surface area contributed by atoms with Gasteiger partial charge in [-0.05, 0) is 30.2 Å². The summed E-state index contributed by atoms with van der Waals surface area (Å²) in [6, 6.07) is 17.2. The van der Waals surface area contributed by atoms with Gasteiger partial charge in [-0.15, -0.1) is 0 Å². The van der Waals surface area contributed by atoms with E-state index in [4.69, 9.17) is 0 Å². The van der Waals surface area contributed by atoms with Gasteiger partial charge in [-0.3, -0.25) is 9.59 Å². The van der Waals surface area contributed by atoms with E-state index >= 15 is 0 Å². The number of nitrogens with zero attached hydrogens (tertiary/aromatic N) is 4. The number of carbonyl (C=O) groups excluding carboxylic acids is 2. The van der Waals surface area contributed by atoms with Gasteiger partial charge in [-0.1, -0.05) is 36.4 Å². The van der Waals surface area contributed by atoms with Crippen LogP contribution >= 0.6 is 0 Å². The molecule has 0 unspecified atom stereocenters. The minimum Gasteiger partial charge on any atom is -0.389 e. The Balaban J connectivity index is 1.74. The van der Waals surface area contributed by atoms with Crippen LogP contribution in [-0.4, -0.2) is 74.5 Å². The van der Waals surface area contributed by atoms with Crippen LogP contribution in [0, 0.1) is 0 Å². The van der Waals surface area contributed by atoms with E-state index in [2.05, 4.69) is 10.4 Å². The maximum atomic E-state index is 12.8. The van der Waals surface area contributed by atoms with E-state index in [1.54, 1.807) is 0 Å². The number of hydrogen-bond donors (Lipinski definition) is 2. The SMILES string of the molecule is CN1N=C(C(=O)N[C@@H](Cc2ccccc2)[C@H](O)CN(C)c2cccc(N(C)C)c2)CC1=O. The lowest BCUT2D eigenvalue weighted by Crippen LogP contribution is -2.50. The number of nitrogens with one attached hydrogen (secondary N) is 1. The molecule has 2 N–H and O–H groups in total. The van der Waals surface area contributed by atoms with Gasteiger partial charge in [0.25, 0.3) is 5.91 Å². The number of anilines is 2. The van der Waals surface area contributed by atoms with Crippen molar-refractivity contribution < 1.29 is 14.7 Å².